The number of benzene rings is 2. The van der Waals surface area contributed by atoms with Crippen LogP contribution in [-0.2, 0) is 0 Å². The van der Waals surface area contributed by atoms with Crippen molar-refractivity contribution < 1.29 is 14.5 Å². The highest BCUT2D eigenvalue weighted by atomic mass is 16.6. The molecule has 2 amide bonds. The van der Waals surface area contributed by atoms with Gasteiger partial charge in [0.05, 0.1) is 4.92 Å². The molecule has 0 saturated heterocycles. The van der Waals surface area contributed by atoms with Gasteiger partial charge in [-0.2, -0.15) is 0 Å². The summed E-state index contributed by atoms with van der Waals surface area (Å²) in [6, 6.07) is 9.12. The van der Waals surface area contributed by atoms with Gasteiger partial charge in [-0.3, -0.25) is 19.7 Å². The molecule has 0 unspecified atom stereocenters. The maximum absolute atomic E-state index is 12.6. The average molecular weight is 339 g/mol. The molecule has 2 aromatic carbocycles. The molecule has 1 aliphatic rings. The lowest BCUT2D eigenvalue weighted by atomic mass is 9.96. The minimum absolute atomic E-state index is 0.0295. The van der Waals surface area contributed by atoms with Gasteiger partial charge in [0.2, 0.25) is 5.91 Å². The number of nitro benzene ring substituents is 1. The van der Waals surface area contributed by atoms with Crippen molar-refractivity contribution in [3.05, 3.63) is 68.8 Å². The summed E-state index contributed by atoms with van der Waals surface area (Å²) in [5.41, 5.74) is 7.56. The van der Waals surface area contributed by atoms with Crippen LogP contribution >= 0.6 is 0 Å². The number of hydrogen-bond donors (Lipinski definition) is 2. The Labute approximate surface area is 144 Å². The van der Waals surface area contributed by atoms with Crippen LogP contribution in [-0.4, -0.2) is 16.7 Å². The Kier molecular flexibility index (Phi) is 4.22. The molecule has 3 N–H and O–H groups in total. The van der Waals surface area contributed by atoms with Crippen LogP contribution in [0.15, 0.2) is 36.4 Å². The normalized spacial score (nSPS) is 13.3. The van der Waals surface area contributed by atoms with Crippen LogP contribution in [0.2, 0.25) is 0 Å². The van der Waals surface area contributed by atoms with E-state index in [4.69, 9.17) is 5.73 Å². The number of aryl methyl sites for hydroxylation is 1. The summed E-state index contributed by atoms with van der Waals surface area (Å²) >= 11 is 0. The molecule has 0 spiro atoms. The molecule has 0 radical (unpaired) electrons. The maximum Gasteiger partial charge on any atom is 0.282 e. The van der Waals surface area contributed by atoms with Crippen molar-refractivity contribution >= 4 is 23.2 Å². The molecule has 0 aliphatic heterocycles. The first-order valence-corrected chi connectivity index (χ1v) is 7.88. The molecule has 25 heavy (non-hydrogen) atoms. The Hall–Kier alpha value is -3.22. The fourth-order valence-electron chi connectivity index (χ4n) is 2.91. The highest BCUT2D eigenvalue weighted by molar-refractivity contribution is 6.09. The third kappa shape index (κ3) is 3.21. The topological polar surface area (TPSA) is 115 Å². The second-order valence-electron chi connectivity index (χ2n) is 6.09. The average Bonchev–Trinajstić information content (AvgIpc) is 3.40. The number of primary amides is 1. The Morgan fingerprint density at radius 2 is 1.84 bits per heavy atom. The van der Waals surface area contributed by atoms with Crippen molar-refractivity contribution in [2.45, 2.75) is 25.7 Å². The molecule has 1 fully saturated rings. The molecule has 2 aromatic rings. The summed E-state index contributed by atoms with van der Waals surface area (Å²) in [6.07, 6.45) is 1.83. The Bertz CT molecular complexity index is 888. The quantitative estimate of drug-likeness (QED) is 0.643. The van der Waals surface area contributed by atoms with Crippen molar-refractivity contribution in [2.24, 2.45) is 5.73 Å². The van der Waals surface area contributed by atoms with Crippen LogP contribution in [0.1, 0.15) is 50.6 Å². The zero-order chi connectivity index (χ0) is 18.1. The van der Waals surface area contributed by atoms with Gasteiger partial charge in [0.1, 0.15) is 5.56 Å². The lowest BCUT2D eigenvalue weighted by molar-refractivity contribution is -0.385. The molecule has 7 nitrogen and oxygen atoms in total. The Balaban J connectivity index is 2.04. The van der Waals surface area contributed by atoms with Crippen LogP contribution in [0.3, 0.4) is 0 Å². The smallest absolute Gasteiger partial charge is 0.282 e. The summed E-state index contributed by atoms with van der Waals surface area (Å²) < 4.78 is 0. The maximum atomic E-state index is 12.6. The zero-order valence-corrected chi connectivity index (χ0v) is 13.6. The standard InChI is InChI=1S/C18H17N3O4/c1-10-6-9-13(17(19)22)15(11-7-8-11)16(10)20-18(23)12-4-2-3-5-14(12)21(24)25/h2-6,9,11H,7-8H2,1H3,(H2,19,22)(H,20,23). The van der Waals surface area contributed by atoms with Crippen molar-refractivity contribution in [1.82, 2.24) is 0 Å². The van der Waals surface area contributed by atoms with E-state index in [0.717, 1.165) is 24.0 Å². The van der Waals surface area contributed by atoms with Gasteiger partial charge in [-0.25, -0.2) is 0 Å². The molecule has 1 aliphatic carbocycles. The lowest BCUT2D eigenvalue weighted by Crippen LogP contribution is -2.19. The van der Waals surface area contributed by atoms with Crippen molar-refractivity contribution in [1.29, 1.82) is 0 Å². The first-order valence-electron chi connectivity index (χ1n) is 7.88. The fraction of sp³-hybridized carbons (Fsp3) is 0.222. The Morgan fingerprint density at radius 1 is 1.16 bits per heavy atom. The van der Waals surface area contributed by atoms with Crippen LogP contribution in [0.4, 0.5) is 11.4 Å². The minimum Gasteiger partial charge on any atom is -0.366 e. The van der Waals surface area contributed by atoms with E-state index in [2.05, 4.69) is 5.32 Å². The summed E-state index contributed by atoms with van der Waals surface area (Å²) in [6.45, 7) is 1.81. The Morgan fingerprint density at radius 3 is 2.44 bits per heavy atom. The molecule has 0 bridgehead atoms. The van der Waals surface area contributed by atoms with E-state index in [9.17, 15) is 19.7 Å². The number of nitrogens with two attached hydrogens (primary N) is 1. The number of amides is 2. The predicted molar refractivity (Wildman–Crippen MR) is 92.7 cm³/mol. The first kappa shape index (κ1) is 16.6. The van der Waals surface area contributed by atoms with Gasteiger partial charge in [0.25, 0.3) is 11.6 Å². The van der Waals surface area contributed by atoms with E-state index in [1.54, 1.807) is 18.2 Å². The van der Waals surface area contributed by atoms with Gasteiger partial charge in [-0.05, 0) is 48.9 Å². The predicted octanol–water partition coefficient (Wildman–Crippen LogP) is 3.13. The highest BCUT2D eigenvalue weighted by Gasteiger charge is 2.32. The first-order chi connectivity index (χ1) is 11.9. The molecular weight excluding hydrogens is 322 g/mol. The van der Waals surface area contributed by atoms with Gasteiger partial charge >= 0.3 is 0 Å². The number of nitro groups is 1. The van der Waals surface area contributed by atoms with Gasteiger partial charge in [0.15, 0.2) is 0 Å². The molecular formula is C18H17N3O4. The molecule has 128 valence electrons. The largest absolute Gasteiger partial charge is 0.366 e. The van der Waals surface area contributed by atoms with E-state index in [1.807, 2.05) is 6.92 Å². The number of nitrogens with one attached hydrogen (secondary N) is 1. The summed E-state index contributed by atoms with van der Waals surface area (Å²) in [5, 5.41) is 13.9. The third-order valence-corrected chi connectivity index (χ3v) is 4.29. The number of hydrogen-bond acceptors (Lipinski definition) is 4. The van der Waals surface area contributed by atoms with E-state index in [0.29, 0.717) is 11.3 Å². The van der Waals surface area contributed by atoms with Gasteiger partial charge in [-0.15, -0.1) is 0 Å². The van der Waals surface area contributed by atoms with Crippen molar-refractivity contribution in [3.63, 3.8) is 0 Å². The van der Waals surface area contributed by atoms with Crippen LogP contribution in [0.5, 0.6) is 0 Å². The SMILES string of the molecule is Cc1ccc(C(N)=O)c(C2CC2)c1NC(=O)c1ccccc1[N+](=O)[O-]. The van der Waals surface area contributed by atoms with Crippen molar-refractivity contribution in [3.8, 4) is 0 Å². The molecule has 0 heterocycles. The molecule has 0 aromatic heterocycles. The summed E-state index contributed by atoms with van der Waals surface area (Å²) in [4.78, 5) is 34.9. The van der Waals surface area contributed by atoms with E-state index in [1.165, 1.54) is 18.2 Å². The number of anilines is 1. The highest BCUT2D eigenvalue weighted by Crippen LogP contribution is 2.46. The third-order valence-electron chi connectivity index (χ3n) is 4.29. The van der Waals surface area contributed by atoms with Crippen molar-refractivity contribution in [2.75, 3.05) is 5.32 Å². The molecule has 3 rings (SSSR count). The van der Waals surface area contributed by atoms with Gasteiger partial charge in [-0.1, -0.05) is 18.2 Å². The lowest BCUT2D eigenvalue weighted by Gasteiger charge is -2.16. The summed E-state index contributed by atoms with van der Waals surface area (Å²) in [5.74, 6) is -0.967. The van der Waals surface area contributed by atoms with Gasteiger partial charge in [0, 0.05) is 17.3 Å². The fourth-order valence-corrected chi connectivity index (χ4v) is 2.91. The van der Waals surface area contributed by atoms with E-state index < -0.39 is 16.7 Å². The number of carbonyl (C=O) groups excluding carboxylic acids is 2. The second kappa shape index (κ2) is 6.35. The molecule has 0 atom stereocenters. The molecule has 1 saturated carbocycles. The minimum atomic E-state index is -0.594. The second-order valence-corrected chi connectivity index (χ2v) is 6.09. The van der Waals surface area contributed by atoms with E-state index >= 15 is 0 Å². The van der Waals surface area contributed by atoms with Gasteiger partial charge < -0.3 is 11.1 Å². The van der Waals surface area contributed by atoms with Crippen LogP contribution in [0.25, 0.3) is 0 Å². The molecule has 7 heteroatoms. The van der Waals surface area contributed by atoms with E-state index in [-0.39, 0.29) is 17.2 Å². The zero-order valence-electron chi connectivity index (χ0n) is 13.6. The number of nitrogens with zero attached hydrogens (tertiary/aromatic N) is 1. The monoisotopic (exact) mass is 339 g/mol. The number of carbonyl (C=O) groups is 2. The van der Waals surface area contributed by atoms with Crippen LogP contribution in [0, 0.1) is 17.0 Å². The van der Waals surface area contributed by atoms with Crippen LogP contribution < -0.4 is 11.1 Å². The summed E-state index contributed by atoms with van der Waals surface area (Å²) in [7, 11) is 0. The number of rotatable bonds is 5. The number of para-hydroxylation sites is 1.